The Kier molecular flexibility index (Phi) is 4.60. The fourth-order valence-corrected chi connectivity index (χ4v) is 2.90. The first-order chi connectivity index (χ1) is 8.69. The minimum absolute atomic E-state index is 0.287. The molecular weight excluding hydrogens is 250 g/mol. The van der Waals surface area contributed by atoms with Gasteiger partial charge in [-0.25, -0.2) is 9.78 Å². The van der Waals surface area contributed by atoms with E-state index in [1.807, 2.05) is 6.92 Å². The Labute approximate surface area is 111 Å². The largest absolute Gasteiger partial charge is 0.478 e. The summed E-state index contributed by atoms with van der Waals surface area (Å²) in [6, 6.07) is 3.28. The molecule has 0 aromatic carbocycles. The van der Waals surface area contributed by atoms with Gasteiger partial charge in [-0.1, -0.05) is 6.92 Å². The van der Waals surface area contributed by atoms with Crippen LogP contribution >= 0.6 is 11.8 Å². The Morgan fingerprint density at radius 3 is 3.06 bits per heavy atom. The zero-order chi connectivity index (χ0) is 13.0. The van der Waals surface area contributed by atoms with Crippen molar-refractivity contribution in [3.63, 3.8) is 0 Å². The van der Waals surface area contributed by atoms with E-state index in [0.717, 1.165) is 42.3 Å². The molecule has 1 fully saturated rings. The molecule has 1 aliphatic heterocycles. The minimum Gasteiger partial charge on any atom is -0.478 e. The van der Waals surface area contributed by atoms with Crippen LogP contribution in [-0.4, -0.2) is 34.5 Å². The average molecular weight is 267 g/mol. The van der Waals surface area contributed by atoms with Gasteiger partial charge in [0.1, 0.15) is 0 Å². The van der Waals surface area contributed by atoms with Gasteiger partial charge in [-0.15, -0.1) is 11.8 Å². The van der Waals surface area contributed by atoms with Crippen LogP contribution in [0.2, 0.25) is 0 Å². The standard InChI is InChI=1S/C13H17NO3S/c1-2-10-6-9(13(15)16)7-12(14-10)18-8-11-4-3-5-17-11/h6-7,11H,2-5,8H2,1H3,(H,15,16). The number of carboxylic acid groups (broad SMARTS) is 1. The highest BCUT2D eigenvalue weighted by molar-refractivity contribution is 7.99. The van der Waals surface area contributed by atoms with Crippen molar-refractivity contribution in [2.75, 3.05) is 12.4 Å². The molecule has 1 atom stereocenters. The SMILES string of the molecule is CCc1cc(C(=O)O)cc(SCC2CCCO2)n1. The van der Waals surface area contributed by atoms with Gasteiger partial charge >= 0.3 is 5.97 Å². The summed E-state index contributed by atoms with van der Waals surface area (Å²) < 4.78 is 5.54. The molecule has 0 amide bonds. The van der Waals surface area contributed by atoms with E-state index in [2.05, 4.69) is 4.98 Å². The predicted octanol–water partition coefficient (Wildman–Crippen LogP) is 2.61. The second kappa shape index (κ2) is 6.20. The molecule has 1 aliphatic rings. The fraction of sp³-hybridized carbons (Fsp3) is 0.538. The van der Waals surface area contributed by atoms with Crippen molar-refractivity contribution in [2.24, 2.45) is 0 Å². The molecule has 1 aromatic rings. The molecule has 1 aromatic heterocycles. The van der Waals surface area contributed by atoms with Gasteiger partial charge < -0.3 is 9.84 Å². The molecule has 0 aliphatic carbocycles. The molecule has 18 heavy (non-hydrogen) atoms. The topological polar surface area (TPSA) is 59.4 Å². The van der Waals surface area contributed by atoms with Crippen LogP contribution in [0.15, 0.2) is 17.2 Å². The second-order valence-corrected chi connectivity index (χ2v) is 5.33. The number of aryl methyl sites for hydroxylation is 1. The fourth-order valence-electron chi connectivity index (χ4n) is 1.89. The first-order valence-electron chi connectivity index (χ1n) is 6.17. The van der Waals surface area contributed by atoms with Crippen LogP contribution in [0.3, 0.4) is 0 Å². The summed E-state index contributed by atoms with van der Waals surface area (Å²) in [5, 5.41) is 9.83. The third-order valence-corrected chi connectivity index (χ3v) is 3.95. The Bertz CT molecular complexity index is 430. The lowest BCUT2D eigenvalue weighted by molar-refractivity contribution is 0.0696. The van der Waals surface area contributed by atoms with Crippen LogP contribution < -0.4 is 0 Å². The predicted molar refractivity (Wildman–Crippen MR) is 70.3 cm³/mol. The maximum Gasteiger partial charge on any atom is 0.335 e. The second-order valence-electron chi connectivity index (χ2n) is 4.29. The minimum atomic E-state index is -0.897. The van der Waals surface area contributed by atoms with Crippen molar-refractivity contribution >= 4 is 17.7 Å². The number of nitrogens with zero attached hydrogens (tertiary/aromatic N) is 1. The molecule has 2 heterocycles. The quantitative estimate of drug-likeness (QED) is 0.831. The maximum atomic E-state index is 11.0. The van der Waals surface area contributed by atoms with E-state index >= 15 is 0 Å². The van der Waals surface area contributed by atoms with Gasteiger partial charge in [-0.05, 0) is 31.4 Å². The summed E-state index contributed by atoms with van der Waals surface area (Å²) in [6.45, 7) is 2.82. The Hall–Kier alpha value is -1.07. The molecule has 4 nitrogen and oxygen atoms in total. The van der Waals surface area contributed by atoms with E-state index in [9.17, 15) is 4.79 Å². The van der Waals surface area contributed by atoms with Crippen LogP contribution in [0, 0.1) is 0 Å². The molecule has 98 valence electrons. The van der Waals surface area contributed by atoms with Crippen molar-refractivity contribution in [3.05, 3.63) is 23.4 Å². The average Bonchev–Trinajstić information content (AvgIpc) is 2.89. The zero-order valence-electron chi connectivity index (χ0n) is 10.4. The molecule has 0 saturated carbocycles. The maximum absolute atomic E-state index is 11.0. The van der Waals surface area contributed by atoms with E-state index in [1.165, 1.54) is 0 Å². The number of ether oxygens (including phenoxy) is 1. The van der Waals surface area contributed by atoms with Gasteiger partial charge in [-0.3, -0.25) is 0 Å². The number of carbonyl (C=O) groups is 1. The number of aromatic nitrogens is 1. The van der Waals surface area contributed by atoms with Crippen LogP contribution in [0.5, 0.6) is 0 Å². The van der Waals surface area contributed by atoms with Gasteiger partial charge in [0.05, 0.1) is 16.7 Å². The van der Waals surface area contributed by atoms with Gasteiger partial charge in [0.15, 0.2) is 0 Å². The van der Waals surface area contributed by atoms with Gasteiger partial charge in [0, 0.05) is 18.1 Å². The van der Waals surface area contributed by atoms with Crippen molar-refractivity contribution in [1.82, 2.24) is 4.98 Å². The highest BCUT2D eigenvalue weighted by atomic mass is 32.2. The Morgan fingerprint density at radius 2 is 2.44 bits per heavy atom. The normalized spacial score (nSPS) is 19.1. The van der Waals surface area contributed by atoms with E-state index in [4.69, 9.17) is 9.84 Å². The molecular formula is C13H17NO3S. The van der Waals surface area contributed by atoms with Crippen LogP contribution in [0.4, 0.5) is 0 Å². The molecule has 1 saturated heterocycles. The third kappa shape index (κ3) is 3.46. The number of pyridine rings is 1. The van der Waals surface area contributed by atoms with Crippen molar-refractivity contribution in [1.29, 1.82) is 0 Å². The highest BCUT2D eigenvalue weighted by Crippen LogP contribution is 2.23. The van der Waals surface area contributed by atoms with Gasteiger partial charge in [-0.2, -0.15) is 0 Å². The summed E-state index contributed by atoms with van der Waals surface area (Å²) in [7, 11) is 0. The number of thioether (sulfide) groups is 1. The summed E-state index contributed by atoms with van der Waals surface area (Å²) in [6.07, 6.45) is 3.24. The van der Waals surface area contributed by atoms with Crippen LogP contribution in [0.1, 0.15) is 35.8 Å². The van der Waals surface area contributed by atoms with Gasteiger partial charge in [0.2, 0.25) is 0 Å². The van der Waals surface area contributed by atoms with E-state index in [-0.39, 0.29) is 6.10 Å². The Balaban J connectivity index is 2.05. The van der Waals surface area contributed by atoms with E-state index < -0.39 is 5.97 Å². The van der Waals surface area contributed by atoms with E-state index in [0.29, 0.717) is 5.56 Å². The number of hydrogen-bond acceptors (Lipinski definition) is 4. The number of carboxylic acids is 1. The highest BCUT2D eigenvalue weighted by Gasteiger charge is 2.16. The van der Waals surface area contributed by atoms with Crippen LogP contribution in [0.25, 0.3) is 0 Å². The summed E-state index contributed by atoms with van der Waals surface area (Å²) in [5.41, 5.74) is 1.14. The van der Waals surface area contributed by atoms with Crippen molar-refractivity contribution < 1.29 is 14.6 Å². The van der Waals surface area contributed by atoms with E-state index in [1.54, 1.807) is 23.9 Å². The first-order valence-corrected chi connectivity index (χ1v) is 7.16. The van der Waals surface area contributed by atoms with Crippen molar-refractivity contribution in [2.45, 2.75) is 37.3 Å². The summed E-state index contributed by atoms with van der Waals surface area (Å²) >= 11 is 1.58. The summed E-state index contributed by atoms with van der Waals surface area (Å²) in [4.78, 5) is 15.5. The number of aromatic carboxylic acids is 1. The first kappa shape index (κ1) is 13.4. The molecule has 2 rings (SSSR count). The molecule has 5 heteroatoms. The molecule has 0 spiro atoms. The smallest absolute Gasteiger partial charge is 0.335 e. The van der Waals surface area contributed by atoms with Crippen LogP contribution in [-0.2, 0) is 11.2 Å². The third-order valence-electron chi connectivity index (χ3n) is 2.91. The van der Waals surface area contributed by atoms with Crippen molar-refractivity contribution in [3.8, 4) is 0 Å². The molecule has 1 unspecified atom stereocenters. The molecule has 0 radical (unpaired) electrons. The lowest BCUT2D eigenvalue weighted by Crippen LogP contribution is -2.08. The number of hydrogen-bond donors (Lipinski definition) is 1. The molecule has 0 bridgehead atoms. The number of rotatable bonds is 5. The lowest BCUT2D eigenvalue weighted by Gasteiger charge is -2.09. The lowest BCUT2D eigenvalue weighted by atomic mass is 10.2. The monoisotopic (exact) mass is 267 g/mol. The zero-order valence-corrected chi connectivity index (χ0v) is 11.2. The molecule has 1 N–H and O–H groups in total. The van der Waals surface area contributed by atoms with Gasteiger partial charge in [0.25, 0.3) is 0 Å². The summed E-state index contributed by atoms with van der Waals surface area (Å²) in [5.74, 6) is -0.0507. The Morgan fingerprint density at radius 1 is 1.61 bits per heavy atom.